The number of hydrogen-bond acceptors (Lipinski definition) is 5. The molecule has 1 atom stereocenters. The van der Waals surface area contributed by atoms with E-state index in [1.165, 1.54) is 29.2 Å². The SMILES string of the molecule is C[C@H](C(=O)NCCCO)N(Cc1ccc(F)cc1)C(=O)CCc1ccc(S(=O)(=O)NC2CC2)cc1. The molecule has 10 heteroatoms. The molecule has 3 rings (SSSR count). The van der Waals surface area contributed by atoms with E-state index in [2.05, 4.69) is 10.0 Å². The van der Waals surface area contributed by atoms with Crippen LogP contribution in [0.3, 0.4) is 0 Å². The van der Waals surface area contributed by atoms with E-state index in [4.69, 9.17) is 5.11 Å². The molecule has 0 saturated heterocycles. The molecule has 2 aromatic carbocycles. The maximum absolute atomic E-state index is 13.3. The predicted octanol–water partition coefficient (Wildman–Crippen LogP) is 2.11. The Kier molecular flexibility index (Phi) is 9.36. The molecule has 2 amide bonds. The summed E-state index contributed by atoms with van der Waals surface area (Å²) in [6.45, 7) is 2.01. The van der Waals surface area contributed by atoms with Crippen molar-refractivity contribution in [3.05, 3.63) is 65.5 Å². The lowest BCUT2D eigenvalue weighted by Gasteiger charge is -2.29. The maximum atomic E-state index is 13.3. The van der Waals surface area contributed by atoms with Crippen LogP contribution in [-0.2, 0) is 32.6 Å². The summed E-state index contributed by atoms with van der Waals surface area (Å²) in [5, 5.41) is 11.6. The van der Waals surface area contributed by atoms with Crippen molar-refractivity contribution >= 4 is 21.8 Å². The largest absolute Gasteiger partial charge is 0.396 e. The summed E-state index contributed by atoms with van der Waals surface area (Å²) >= 11 is 0. The van der Waals surface area contributed by atoms with E-state index >= 15 is 0 Å². The second-order valence-corrected chi connectivity index (χ2v) is 10.4. The summed E-state index contributed by atoms with van der Waals surface area (Å²) in [7, 11) is -3.54. The number of carbonyl (C=O) groups excluding carboxylic acids is 2. The molecule has 0 spiro atoms. The number of carbonyl (C=O) groups is 2. The van der Waals surface area contributed by atoms with Crippen LogP contribution in [0.5, 0.6) is 0 Å². The predicted molar refractivity (Wildman–Crippen MR) is 129 cm³/mol. The number of rotatable bonds is 13. The molecule has 190 valence electrons. The van der Waals surface area contributed by atoms with Crippen molar-refractivity contribution in [3.8, 4) is 0 Å². The van der Waals surface area contributed by atoms with Gasteiger partial charge in [-0.25, -0.2) is 17.5 Å². The van der Waals surface area contributed by atoms with E-state index in [0.717, 1.165) is 18.4 Å². The third-order valence-electron chi connectivity index (χ3n) is 5.83. The number of nitrogens with zero attached hydrogens (tertiary/aromatic N) is 1. The van der Waals surface area contributed by atoms with Crippen molar-refractivity contribution in [1.82, 2.24) is 14.9 Å². The Bertz CT molecular complexity index is 1100. The molecule has 1 fully saturated rings. The molecule has 0 radical (unpaired) electrons. The van der Waals surface area contributed by atoms with Gasteiger partial charge in [0.25, 0.3) is 0 Å². The van der Waals surface area contributed by atoms with Gasteiger partial charge in [0.05, 0.1) is 4.90 Å². The number of aryl methyl sites for hydroxylation is 1. The third kappa shape index (κ3) is 8.12. The Morgan fingerprint density at radius 3 is 2.31 bits per heavy atom. The molecule has 1 aliphatic rings. The van der Waals surface area contributed by atoms with Gasteiger partial charge in [-0.1, -0.05) is 24.3 Å². The Labute approximate surface area is 205 Å². The Balaban J connectivity index is 1.65. The second-order valence-electron chi connectivity index (χ2n) is 8.73. The van der Waals surface area contributed by atoms with Gasteiger partial charge >= 0.3 is 0 Å². The summed E-state index contributed by atoms with van der Waals surface area (Å²) in [5.41, 5.74) is 1.48. The molecule has 3 N–H and O–H groups in total. The van der Waals surface area contributed by atoms with Gasteiger partial charge in [0, 0.05) is 32.2 Å². The number of hydrogen-bond donors (Lipinski definition) is 3. The fraction of sp³-hybridized carbons (Fsp3) is 0.440. The first-order chi connectivity index (χ1) is 16.7. The highest BCUT2D eigenvalue weighted by molar-refractivity contribution is 7.89. The molecule has 2 aromatic rings. The maximum Gasteiger partial charge on any atom is 0.242 e. The fourth-order valence-electron chi connectivity index (χ4n) is 3.53. The van der Waals surface area contributed by atoms with E-state index < -0.39 is 16.1 Å². The number of aliphatic hydroxyl groups is 1. The highest BCUT2D eigenvalue weighted by atomic mass is 32.2. The zero-order chi connectivity index (χ0) is 25.4. The molecule has 1 aliphatic carbocycles. The molecule has 1 saturated carbocycles. The van der Waals surface area contributed by atoms with Gasteiger partial charge in [0.1, 0.15) is 11.9 Å². The van der Waals surface area contributed by atoms with Crippen molar-refractivity contribution in [2.45, 2.75) is 62.6 Å². The molecule has 0 unspecified atom stereocenters. The smallest absolute Gasteiger partial charge is 0.242 e. The van der Waals surface area contributed by atoms with E-state index in [1.54, 1.807) is 31.2 Å². The minimum atomic E-state index is -3.54. The fourth-order valence-corrected chi connectivity index (χ4v) is 4.83. The first-order valence-corrected chi connectivity index (χ1v) is 13.2. The zero-order valence-corrected chi connectivity index (χ0v) is 20.6. The van der Waals surface area contributed by atoms with Crippen molar-refractivity contribution in [1.29, 1.82) is 0 Å². The monoisotopic (exact) mass is 505 g/mol. The molecular weight excluding hydrogens is 473 g/mol. The standard InChI is InChI=1S/C25H32FN3O5S/c1-18(25(32)27-15-2-16-30)29(17-20-3-8-21(26)9-4-20)24(31)14-7-19-5-12-23(13-6-19)35(33,34)28-22-10-11-22/h3-6,8-9,12-13,18,22,28,30H,2,7,10-11,14-17H2,1H3,(H,27,32)/t18-/m1/s1. The minimum Gasteiger partial charge on any atom is -0.396 e. The number of aliphatic hydroxyl groups excluding tert-OH is 1. The van der Waals surface area contributed by atoms with Gasteiger partial charge in [0.2, 0.25) is 21.8 Å². The Morgan fingerprint density at radius 1 is 1.09 bits per heavy atom. The summed E-state index contributed by atoms with van der Waals surface area (Å²) in [4.78, 5) is 27.4. The van der Waals surface area contributed by atoms with Gasteiger partial charge in [-0.3, -0.25) is 9.59 Å². The molecule has 0 heterocycles. The van der Waals surface area contributed by atoms with Crippen LogP contribution in [0, 0.1) is 5.82 Å². The lowest BCUT2D eigenvalue weighted by Crippen LogP contribution is -2.48. The first-order valence-electron chi connectivity index (χ1n) is 11.7. The van der Waals surface area contributed by atoms with Gasteiger partial charge < -0.3 is 15.3 Å². The van der Waals surface area contributed by atoms with Crippen LogP contribution < -0.4 is 10.0 Å². The molecule has 35 heavy (non-hydrogen) atoms. The average molecular weight is 506 g/mol. The lowest BCUT2D eigenvalue weighted by atomic mass is 10.1. The summed E-state index contributed by atoms with van der Waals surface area (Å²) < 4.78 is 40.6. The number of halogens is 1. The average Bonchev–Trinajstić information content (AvgIpc) is 3.65. The number of benzene rings is 2. The van der Waals surface area contributed by atoms with E-state index in [9.17, 15) is 22.4 Å². The van der Waals surface area contributed by atoms with Crippen LogP contribution in [-0.4, -0.2) is 55.5 Å². The van der Waals surface area contributed by atoms with Crippen LogP contribution >= 0.6 is 0 Å². The number of nitrogens with one attached hydrogen (secondary N) is 2. The van der Waals surface area contributed by atoms with Crippen LogP contribution in [0.2, 0.25) is 0 Å². The first kappa shape index (κ1) is 26.8. The quantitative estimate of drug-likeness (QED) is 0.361. The molecule has 8 nitrogen and oxygen atoms in total. The van der Waals surface area contributed by atoms with Crippen LogP contribution in [0.15, 0.2) is 53.4 Å². The van der Waals surface area contributed by atoms with E-state index in [0.29, 0.717) is 24.9 Å². The van der Waals surface area contributed by atoms with Gasteiger partial charge in [0.15, 0.2) is 0 Å². The topological polar surface area (TPSA) is 116 Å². The lowest BCUT2D eigenvalue weighted by molar-refractivity contribution is -0.140. The highest BCUT2D eigenvalue weighted by Gasteiger charge is 2.28. The Hall–Kier alpha value is -2.82. The molecule has 0 aliphatic heterocycles. The van der Waals surface area contributed by atoms with Crippen molar-refractivity contribution in [2.24, 2.45) is 0 Å². The zero-order valence-electron chi connectivity index (χ0n) is 19.7. The summed E-state index contributed by atoms with van der Waals surface area (Å²) in [6.07, 6.45) is 2.60. The van der Waals surface area contributed by atoms with Crippen LogP contribution in [0.25, 0.3) is 0 Å². The highest BCUT2D eigenvalue weighted by Crippen LogP contribution is 2.22. The third-order valence-corrected chi connectivity index (χ3v) is 7.36. The molecular formula is C25H32FN3O5S. The van der Waals surface area contributed by atoms with Crippen molar-refractivity contribution < 1.29 is 27.5 Å². The number of sulfonamides is 1. The van der Waals surface area contributed by atoms with Gasteiger partial charge in [-0.05, 0) is 68.0 Å². The second kappa shape index (κ2) is 12.2. The molecule has 0 bridgehead atoms. The van der Waals surface area contributed by atoms with Gasteiger partial charge in [-0.15, -0.1) is 0 Å². The van der Waals surface area contributed by atoms with Crippen LogP contribution in [0.4, 0.5) is 4.39 Å². The summed E-state index contributed by atoms with van der Waals surface area (Å²) in [5.74, 6) is -0.989. The molecule has 0 aromatic heterocycles. The minimum absolute atomic E-state index is 0.0206. The Morgan fingerprint density at radius 2 is 1.71 bits per heavy atom. The van der Waals surface area contributed by atoms with E-state index in [1.807, 2.05) is 0 Å². The van der Waals surface area contributed by atoms with Crippen molar-refractivity contribution in [2.75, 3.05) is 13.2 Å². The van der Waals surface area contributed by atoms with Crippen LogP contribution in [0.1, 0.15) is 43.7 Å². The van der Waals surface area contributed by atoms with Gasteiger partial charge in [-0.2, -0.15) is 0 Å². The summed E-state index contributed by atoms with van der Waals surface area (Å²) in [6, 6.07) is 11.4. The van der Waals surface area contributed by atoms with Crippen molar-refractivity contribution in [3.63, 3.8) is 0 Å². The normalized spacial score (nSPS) is 14.4. The number of amides is 2. The van der Waals surface area contributed by atoms with E-state index in [-0.39, 0.29) is 48.1 Å².